The third kappa shape index (κ3) is 3.46. The summed E-state index contributed by atoms with van der Waals surface area (Å²) in [6, 6.07) is 4.23. The first-order valence-corrected chi connectivity index (χ1v) is 6.76. The summed E-state index contributed by atoms with van der Waals surface area (Å²) in [5, 5.41) is 7.36. The number of amides is 1. The van der Waals surface area contributed by atoms with Crippen LogP contribution in [0.2, 0.25) is 0 Å². The molecule has 0 unspecified atom stereocenters. The van der Waals surface area contributed by atoms with Crippen LogP contribution in [0.4, 0.5) is 5.69 Å². The van der Waals surface area contributed by atoms with E-state index < -0.39 is 0 Å². The zero-order valence-electron chi connectivity index (χ0n) is 12.0. The van der Waals surface area contributed by atoms with E-state index in [0.29, 0.717) is 24.7 Å². The maximum Gasteiger partial charge on any atom is 0.272 e. The van der Waals surface area contributed by atoms with Crippen molar-refractivity contribution in [2.75, 3.05) is 25.5 Å². The Kier molecular flexibility index (Phi) is 4.22. The van der Waals surface area contributed by atoms with E-state index >= 15 is 0 Å². The van der Waals surface area contributed by atoms with Gasteiger partial charge in [0.25, 0.3) is 5.91 Å². The van der Waals surface area contributed by atoms with Crippen molar-refractivity contribution in [2.24, 2.45) is 5.73 Å². The van der Waals surface area contributed by atoms with Crippen molar-refractivity contribution >= 4 is 17.4 Å². The second-order valence-corrected chi connectivity index (χ2v) is 5.30. The highest BCUT2D eigenvalue weighted by atomic mass is 16.2. The van der Waals surface area contributed by atoms with Crippen molar-refractivity contribution in [3.05, 3.63) is 24.0 Å². The van der Waals surface area contributed by atoms with Crippen LogP contribution in [-0.2, 0) is 0 Å². The van der Waals surface area contributed by atoms with Gasteiger partial charge in [-0.1, -0.05) is 0 Å². The Hall–Kier alpha value is -2.11. The van der Waals surface area contributed by atoms with E-state index in [9.17, 15) is 4.79 Å². The normalized spacial score (nSPS) is 13.9. The van der Waals surface area contributed by atoms with E-state index in [2.05, 4.69) is 9.88 Å². The van der Waals surface area contributed by atoms with Crippen molar-refractivity contribution in [2.45, 2.75) is 25.3 Å². The molecule has 0 atom stereocenters. The lowest BCUT2D eigenvalue weighted by atomic mass is 10.2. The fraction of sp³-hybridized carbons (Fsp3) is 0.500. The molecular weight excluding hydrogens is 254 g/mol. The second kappa shape index (κ2) is 5.90. The van der Waals surface area contributed by atoms with Gasteiger partial charge in [0.05, 0.1) is 5.84 Å². The van der Waals surface area contributed by atoms with Crippen LogP contribution in [0, 0.1) is 5.41 Å². The van der Waals surface area contributed by atoms with Crippen LogP contribution in [0.25, 0.3) is 0 Å². The van der Waals surface area contributed by atoms with Gasteiger partial charge >= 0.3 is 0 Å². The molecule has 3 N–H and O–H groups in total. The molecule has 1 aromatic rings. The van der Waals surface area contributed by atoms with E-state index in [1.807, 2.05) is 12.1 Å². The van der Waals surface area contributed by atoms with E-state index in [1.54, 1.807) is 20.3 Å². The molecule has 1 aliphatic rings. The smallest absolute Gasteiger partial charge is 0.272 e. The Bertz CT molecular complexity index is 510. The lowest BCUT2D eigenvalue weighted by Gasteiger charge is -2.25. The molecule has 1 aliphatic carbocycles. The number of carbonyl (C=O) groups excluding carboxylic acids is 1. The number of hydrogen-bond acceptors (Lipinski definition) is 4. The number of nitrogens with zero attached hydrogens (tertiary/aromatic N) is 3. The highest BCUT2D eigenvalue weighted by Gasteiger charge is 2.29. The summed E-state index contributed by atoms with van der Waals surface area (Å²) in [7, 11) is 3.43. The lowest BCUT2D eigenvalue weighted by molar-refractivity contribution is 0.0822. The number of nitrogens with one attached hydrogen (secondary N) is 1. The van der Waals surface area contributed by atoms with Crippen LogP contribution in [0.1, 0.15) is 29.8 Å². The quantitative estimate of drug-likeness (QED) is 0.601. The Morgan fingerprint density at radius 2 is 2.20 bits per heavy atom. The first kappa shape index (κ1) is 14.3. The third-order valence-electron chi connectivity index (χ3n) is 3.31. The fourth-order valence-corrected chi connectivity index (χ4v) is 2.09. The molecule has 6 heteroatoms. The Morgan fingerprint density at radius 1 is 1.50 bits per heavy atom. The minimum atomic E-state index is -0.103. The third-order valence-corrected chi connectivity index (χ3v) is 3.31. The topological polar surface area (TPSA) is 86.3 Å². The summed E-state index contributed by atoms with van der Waals surface area (Å²) in [6.07, 6.45) is 4.50. The first-order valence-electron chi connectivity index (χ1n) is 6.76. The maximum absolute atomic E-state index is 12.0. The highest BCUT2D eigenvalue weighted by Crippen LogP contribution is 2.31. The largest absolute Gasteiger partial charge is 0.388 e. The highest BCUT2D eigenvalue weighted by molar-refractivity contribution is 5.92. The molecule has 20 heavy (non-hydrogen) atoms. The minimum absolute atomic E-state index is 0.103. The maximum atomic E-state index is 12.0. The number of hydrogen-bond donors (Lipinski definition) is 2. The molecule has 6 nitrogen and oxygen atoms in total. The van der Waals surface area contributed by atoms with Crippen molar-refractivity contribution in [3.8, 4) is 0 Å². The number of rotatable bonds is 6. The SMILES string of the molecule is CN(C)C(=O)c1cc(N(CCC(=N)N)C2CC2)ccn1. The van der Waals surface area contributed by atoms with Gasteiger partial charge in [0, 0.05) is 45.0 Å². The molecule has 1 heterocycles. The molecule has 2 rings (SSSR count). The van der Waals surface area contributed by atoms with Gasteiger partial charge in [-0.3, -0.25) is 15.2 Å². The Labute approximate surface area is 119 Å². The Balaban J connectivity index is 2.18. The summed E-state index contributed by atoms with van der Waals surface area (Å²) < 4.78 is 0. The number of amidine groups is 1. The average molecular weight is 275 g/mol. The number of anilines is 1. The van der Waals surface area contributed by atoms with Gasteiger partial charge in [0.15, 0.2) is 0 Å². The summed E-state index contributed by atoms with van der Waals surface area (Å²) >= 11 is 0. The molecule has 1 amide bonds. The van der Waals surface area contributed by atoms with Crippen LogP contribution in [0.3, 0.4) is 0 Å². The van der Waals surface area contributed by atoms with E-state index in [1.165, 1.54) is 4.90 Å². The molecule has 0 aromatic carbocycles. The zero-order valence-corrected chi connectivity index (χ0v) is 12.0. The minimum Gasteiger partial charge on any atom is -0.388 e. The number of nitrogens with two attached hydrogens (primary N) is 1. The van der Waals surface area contributed by atoms with Gasteiger partial charge in [0.2, 0.25) is 0 Å². The van der Waals surface area contributed by atoms with Gasteiger partial charge in [-0.05, 0) is 25.0 Å². The van der Waals surface area contributed by atoms with E-state index in [4.69, 9.17) is 11.1 Å². The monoisotopic (exact) mass is 275 g/mol. The van der Waals surface area contributed by atoms with Crippen LogP contribution < -0.4 is 10.6 Å². The van der Waals surface area contributed by atoms with Crippen molar-refractivity contribution < 1.29 is 4.79 Å². The molecule has 1 fully saturated rings. The fourth-order valence-electron chi connectivity index (χ4n) is 2.09. The molecule has 0 aliphatic heterocycles. The molecule has 0 spiro atoms. The Morgan fingerprint density at radius 3 is 2.75 bits per heavy atom. The summed E-state index contributed by atoms with van der Waals surface area (Å²) in [6.45, 7) is 0.708. The van der Waals surface area contributed by atoms with Crippen molar-refractivity contribution in [1.29, 1.82) is 5.41 Å². The lowest BCUT2D eigenvalue weighted by Crippen LogP contribution is -2.30. The molecule has 1 aromatic heterocycles. The molecular formula is C14H21N5O. The molecule has 0 saturated heterocycles. The molecule has 1 saturated carbocycles. The van der Waals surface area contributed by atoms with Crippen LogP contribution >= 0.6 is 0 Å². The van der Waals surface area contributed by atoms with Crippen molar-refractivity contribution in [3.63, 3.8) is 0 Å². The van der Waals surface area contributed by atoms with Gasteiger partial charge < -0.3 is 15.5 Å². The second-order valence-electron chi connectivity index (χ2n) is 5.30. The van der Waals surface area contributed by atoms with Crippen LogP contribution in [0.5, 0.6) is 0 Å². The van der Waals surface area contributed by atoms with Gasteiger partial charge in [-0.25, -0.2) is 0 Å². The van der Waals surface area contributed by atoms with Gasteiger partial charge in [-0.15, -0.1) is 0 Å². The predicted octanol–water partition coefficient (Wildman–Crippen LogP) is 1.08. The predicted molar refractivity (Wildman–Crippen MR) is 79.2 cm³/mol. The number of carbonyl (C=O) groups is 1. The number of aromatic nitrogens is 1. The summed E-state index contributed by atoms with van der Waals surface area (Å²) in [5.41, 5.74) is 6.87. The molecule has 108 valence electrons. The van der Waals surface area contributed by atoms with Gasteiger partial charge in [0.1, 0.15) is 5.69 Å². The van der Waals surface area contributed by atoms with E-state index in [-0.39, 0.29) is 11.7 Å². The first-order chi connectivity index (χ1) is 9.49. The molecule has 0 bridgehead atoms. The van der Waals surface area contributed by atoms with Gasteiger partial charge in [-0.2, -0.15) is 0 Å². The molecule has 0 radical (unpaired) electrons. The van der Waals surface area contributed by atoms with Crippen LogP contribution in [-0.4, -0.2) is 48.3 Å². The summed E-state index contributed by atoms with van der Waals surface area (Å²) in [5.74, 6) is 0.0865. The summed E-state index contributed by atoms with van der Waals surface area (Å²) in [4.78, 5) is 19.8. The standard InChI is InChI=1S/C14H21N5O/c1-18(2)14(20)12-9-11(5-7-17-12)19(10-3-4-10)8-6-13(15)16/h5,7,9-10H,3-4,6,8H2,1-2H3,(H3,15,16). The van der Waals surface area contributed by atoms with Crippen LogP contribution in [0.15, 0.2) is 18.3 Å². The average Bonchev–Trinajstić information content (AvgIpc) is 3.22. The zero-order chi connectivity index (χ0) is 14.7. The van der Waals surface area contributed by atoms with Crippen molar-refractivity contribution in [1.82, 2.24) is 9.88 Å². The number of pyridine rings is 1. The van der Waals surface area contributed by atoms with E-state index in [0.717, 1.165) is 18.5 Å².